The number of carbonyl (C=O) groups is 1. The number of hydrogen-bond donors (Lipinski definition) is 3. The minimum atomic E-state index is -1.04. The molecule has 0 radical (unpaired) electrons. The molecule has 0 fully saturated rings. The zero-order valence-corrected chi connectivity index (χ0v) is 9.26. The fourth-order valence-electron chi connectivity index (χ4n) is 0.799. The molecule has 0 spiro atoms. The Kier molecular flexibility index (Phi) is 4.19. The van der Waals surface area contributed by atoms with Crippen molar-refractivity contribution in [1.29, 1.82) is 0 Å². The molecule has 1 atom stereocenters. The SMILES string of the molecule is Nc1cnc(Cl)cc1SC[C@H](N)C(=O)O. The summed E-state index contributed by atoms with van der Waals surface area (Å²) in [6.07, 6.45) is 1.43. The number of anilines is 1. The maximum Gasteiger partial charge on any atom is 0.321 e. The van der Waals surface area contributed by atoms with Crippen LogP contribution in [-0.4, -0.2) is 27.9 Å². The maximum atomic E-state index is 10.5. The van der Waals surface area contributed by atoms with Crippen molar-refractivity contribution in [2.75, 3.05) is 11.5 Å². The second-order valence-corrected chi connectivity index (χ2v) is 4.25. The third-order valence-electron chi connectivity index (χ3n) is 1.60. The smallest absolute Gasteiger partial charge is 0.321 e. The van der Waals surface area contributed by atoms with Crippen molar-refractivity contribution in [3.05, 3.63) is 17.4 Å². The molecule has 1 aromatic rings. The number of thioether (sulfide) groups is 1. The van der Waals surface area contributed by atoms with E-state index in [1.807, 2.05) is 0 Å². The number of nitrogen functional groups attached to an aromatic ring is 1. The minimum Gasteiger partial charge on any atom is -0.480 e. The number of nitrogens with two attached hydrogens (primary N) is 2. The van der Waals surface area contributed by atoms with Gasteiger partial charge in [0.2, 0.25) is 0 Å². The Balaban J connectivity index is 2.65. The Hall–Kier alpha value is -0.980. The first-order chi connectivity index (χ1) is 7.00. The average molecular weight is 248 g/mol. The first kappa shape index (κ1) is 12.1. The number of nitrogens with zero attached hydrogens (tertiary/aromatic N) is 1. The molecule has 1 aromatic heterocycles. The molecule has 0 saturated heterocycles. The van der Waals surface area contributed by atoms with Gasteiger partial charge in [0, 0.05) is 10.6 Å². The fourth-order valence-corrected chi connectivity index (χ4v) is 1.94. The summed E-state index contributed by atoms with van der Waals surface area (Å²) in [5.41, 5.74) is 11.4. The molecule has 1 rings (SSSR count). The third-order valence-corrected chi connectivity index (χ3v) is 2.99. The van der Waals surface area contributed by atoms with E-state index in [9.17, 15) is 4.79 Å². The predicted octanol–water partition coefficient (Wildman–Crippen LogP) is 0.821. The highest BCUT2D eigenvalue weighted by atomic mass is 35.5. The maximum absolute atomic E-state index is 10.5. The molecule has 15 heavy (non-hydrogen) atoms. The molecule has 1 heterocycles. The van der Waals surface area contributed by atoms with E-state index in [1.54, 1.807) is 6.07 Å². The van der Waals surface area contributed by atoms with E-state index in [2.05, 4.69) is 4.98 Å². The van der Waals surface area contributed by atoms with Gasteiger partial charge in [0.1, 0.15) is 11.2 Å². The monoisotopic (exact) mass is 247 g/mol. The van der Waals surface area contributed by atoms with Gasteiger partial charge < -0.3 is 16.6 Å². The van der Waals surface area contributed by atoms with Gasteiger partial charge in [-0.05, 0) is 6.07 Å². The lowest BCUT2D eigenvalue weighted by molar-refractivity contribution is -0.137. The van der Waals surface area contributed by atoms with Crippen LogP contribution in [0.1, 0.15) is 0 Å². The first-order valence-corrected chi connectivity index (χ1v) is 5.39. The second kappa shape index (κ2) is 5.20. The van der Waals surface area contributed by atoms with E-state index in [0.717, 1.165) is 0 Å². The Morgan fingerprint density at radius 1 is 1.73 bits per heavy atom. The van der Waals surface area contributed by atoms with Gasteiger partial charge in [0.25, 0.3) is 0 Å². The van der Waals surface area contributed by atoms with Crippen LogP contribution in [0.3, 0.4) is 0 Å². The summed E-state index contributed by atoms with van der Waals surface area (Å²) in [6, 6.07) is 0.664. The van der Waals surface area contributed by atoms with Crippen LogP contribution in [0.25, 0.3) is 0 Å². The second-order valence-electron chi connectivity index (χ2n) is 2.80. The van der Waals surface area contributed by atoms with Crippen molar-refractivity contribution in [3.8, 4) is 0 Å². The molecule has 0 aliphatic rings. The lowest BCUT2D eigenvalue weighted by Gasteiger charge is -2.07. The van der Waals surface area contributed by atoms with Gasteiger partial charge in [0.05, 0.1) is 11.9 Å². The molecule has 0 amide bonds. The zero-order valence-electron chi connectivity index (χ0n) is 7.68. The molecule has 5 N–H and O–H groups in total. The van der Waals surface area contributed by atoms with Crippen molar-refractivity contribution < 1.29 is 9.90 Å². The van der Waals surface area contributed by atoms with Gasteiger partial charge in [-0.1, -0.05) is 11.6 Å². The molecule has 0 saturated carbocycles. The molecule has 0 unspecified atom stereocenters. The van der Waals surface area contributed by atoms with E-state index < -0.39 is 12.0 Å². The van der Waals surface area contributed by atoms with Crippen LogP contribution < -0.4 is 11.5 Å². The number of carboxylic acids is 1. The summed E-state index contributed by atoms with van der Waals surface area (Å²) in [5.74, 6) is -0.805. The largest absolute Gasteiger partial charge is 0.480 e. The minimum absolute atomic E-state index is 0.236. The Bertz CT molecular complexity index is 375. The normalized spacial score (nSPS) is 12.4. The number of halogens is 1. The predicted molar refractivity (Wildman–Crippen MR) is 60.0 cm³/mol. The zero-order chi connectivity index (χ0) is 11.4. The summed E-state index contributed by atoms with van der Waals surface area (Å²) < 4.78 is 0. The molecule has 7 heteroatoms. The van der Waals surface area contributed by atoms with Crippen molar-refractivity contribution in [3.63, 3.8) is 0 Å². The summed E-state index contributed by atoms with van der Waals surface area (Å²) >= 11 is 6.91. The molecule has 0 aliphatic heterocycles. The van der Waals surface area contributed by atoms with Crippen molar-refractivity contribution >= 4 is 35.0 Å². The highest BCUT2D eigenvalue weighted by Crippen LogP contribution is 2.26. The molecule has 82 valence electrons. The van der Waals surface area contributed by atoms with Gasteiger partial charge in [0.15, 0.2) is 0 Å². The number of pyridine rings is 1. The first-order valence-electron chi connectivity index (χ1n) is 4.03. The van der Waals surface area contributed by atoms with Crippen LogP contribution in [0.5, 0.6) is 0 Å². The standard InChI is InChI=1S/C8H10ClN3O2S/c9-7-1-6(4(10)2-12-7)15-3-5(11)8(13)14/h1-2,5H,3,10-11H2,(H,13,14)/t5-/m0/s1. The molecular formula is C8H10ClN3O2S. The molecule has 0 bridgehead atoms. The van der Waals surface area contributed by atoms with Crippen LogP contribution >= 0.6 is 23.4 Å². The topological polar surface area (TPSA) is 102 Å². The van der Waals surface area contributed by atoms with Crippen LogP contribution in [0, 0.1) is 0 Å². The van der Waals surface area contributed by atoms with Gasteiger partial charge in [-0.25, -0.2) is 4.98 Å². The van der Waals surface area contributed by atoms with Crippen LogP contribution in [0.15, 0.2) is 17.2 Å². The number of rotatable bonds is 4. The van der Waals surface area contributed by atoms with E-state index >= 15 is 0 Å². The van der Waals surface area contributed by atoms with Crippen molar-refractivity contribution in [1.82, 2.24) is 4.98 Å². The Morgan fingerprint density at radius 3 is 3.00 bits per heavy atom. The summed E-state index contributed by atoms with van der Waals surface area (Å²) in [6.45, 7) is 0. The number of carboxylic acid groups (broad SMARTS) is 1. The number of hydrogen-bond acceptors (Lipinski definition) is 5. The molecule has 0 aliphatic carbocycles. The average Bonchev–Trinajstić information content (AvgIpc) is 2.18. The van der Waals surface area contributed by atoms with Crippen LogP contribution in [0.4, 0.5) is 5.69 Å². The third kappa shape index (κ3) is 3.58. The Morgan fingerprint density at radius 2 is 2.40 bits per heavy atom. The summed E-state index contributed by atoms with van der Waals surface area (Å²) in [7, 11) is 0. The van der Waals surface area contributed by atoms with Gasteiger partial charge in [-0.15, -0.1) is 11.8 Å². The highest BCUT2D eigenvalue weighted by molar-refractivity contribution is 7.99. The van der Waals surface area contributed by atoms with Crippen molar-refractivity contribution in [2.45, 2.75) is 10.9 Å². The van der Waals surface area contributed by atoms with E-state index in [4.69, 9.17) is 28.2 Å². The highest BCUT2D eigenvalue weighted by Gasteiger charge is 2.12. The molecule has 5 nitrogen and oxygen atoms in total. The van der Waals surface area contributed by atoms with Crippen molar-refractivity contribution in [2.24, 2.45) is 5.73 Å². The van der Waals surface area contributed by atoms with Gasteiger partial charge in [-0.2, -0.15) is 0 Å². The van der Waals surface area contributed by atoms with E-state index in [-0.39, 0.29) is 5.75 Å². The quantitative estimate of drug-likeness (QED) is 0.538. The van der Waals surface area contributed by atoms with E-state index in [1.165, 1.54) is 18.0 Å². The summed E-state index contributed by atoms with van der Waals surface area (Å²) in [5, 5.41) is 8.89. The van der Waals surface area contributed by atoms with Crippen LogP contribution in [0.2, 0.25) is 5.15 Å². The van der Waals surface area contributed by atoms with Gasteiger partial charge in [-0.3, -0.25) is 4.79 Å². The lowest BCUT2D eigenvalue weighted by atomic mass is 10.4. The summed E-state index contributed by atoms with van der Waals surface area (Å²) in [4.78, 5) is 14.9. The lowest BCUT2D eigenvalue weighted by Crippen LogP contribution is -2.32. The molecular weight excluding hydrogens is 238 g/mol. The van der Waals surface area contributed by atoms with Gasteiger partial charge >= 0.3 is 5.97 Å². The molecule has 0 aromatic carbocycles. The number of aromatic nitrogens is 1. The van der Waals surface area contributed by atoms with Crippen LogP contribution in [-0.2, 0) is 4.79 Å². The Labute approximate surface area is 95.8 Å². The number of aliphatic carboxylic acids is 1. The van der Waals surface area contributed by atoms with E-state index in [0.29, 0.717) is 15.7 Å². The fraction of sp³-hybridized carbons (Fsp3) is 0.250.